The van der Waals surface area contributed by atoms with Crippen LogP contribution in [0.5, 0.6) is 0 Å². The fourth-order valence-electron chi connectivity index (χ4n) is 1.48. The minimum Gasteiger partial charge on any atom is -0.364 e. The highest BCUT2D eigenvalue weighted by atomic mass is 16.1. The maximum Gasteiger partial charge on any atom is 0.271 e. The van der Waals surface area contributed by atoms with E-state index in [-0.39, 0.29) is 5.69 Å². The third-order valence-corrected chi connectivity index (χ3v) is 2.09. The molecule has 7 nitrogen and oxygen atoms in total. The first-order chi connectivity index (χ1) is 7.18. The molecule has 0 atom stereocenters. The van der Waals surface area contributed by atoms with Crippen molar-refractivity contribution in [3.8, 4) is 0 Å². The quantitative estimate of drug-likeness (QED) is 0.666. The van der Waals surface area contributed by atoms with Crippen molar-refractivity contribution < 1.29 is 4.79 Å². The van der Waals surface area contributed by atoms with Gasteiger partial charge in [-0.3, -0.25) is 9.79 Å². The summed E-state index contributed by atoms with van der Waals surface area (Å²) >= 11 is 0. The molecule has 3 N–H and O–H groups in total. The number of aromatic amines is 1. The van der Waals surface area contributed by atoms with Gasteiger partial charge >= 0.3 is 0 Å². The Balaban J connectivity index is 2.26. The summed E-state index contributed by atoms with van der Waals surface area (Å²) in [6, 6.07) is 0. The zero-order chi connectivity index (χ0) is 10.8. The maximum atomic E-state index is 11.1. The lowest BCUT2D eigenvalue weighted by molar-refractivity contribution is 0.0996. The van der Waals surface area contributed by atoms with Gasteiger partial charge in [-0.2, -0.15) is 0 Å². The third kappa shape index (κ3) is 1.76. The molecule has 1 aliphatic heterocycles. The second-order valence-electron chi connectivity index (χ2n) is 3.34. The lowest BCUT2D eigenvalue weighted by Gasteiger charge is -2.29. The number of nitrogens with two attached hydrogens (primary N) is 1. The van der Waals surface area contributed by atoms with Crippen LogP contribution in [0.4, 0.5) is 5.82 Å². The molecule has 1 aromatic heterocycles. The number of anilines is 1. The molecule has 0 saturated carbocycles. The minimum atomic E-state index is -0.538. The van der Waals surface area contributed by atoms with Gasteiger partial charge in [0.25, 0.3) is 5.91 Å². The standard InChI is InChI=1S/C8H12N6O/c1-13-3-10-4-14(5-13)8-6(7(9)15)11-2-12-8/h2-3H,4-5H2,1H3,(H2,9,15)(H,11,12). The Kier molecular flexibility index (Phi) is 2.28. The lowest BCUT2D eigenvalue weighted by Crippen LogP contribution is -2.40. The highest BCUT2D eigenvalue weighted by Gasteiger charge is 2.19. The van der Waals surface area contributed by atoms with Gasteiger partial charge in [-0.15, -0.1) is 0 Å². The van der Waals surface area contributed by atoms with E-state index in [1.807, 2.05) is 16.8 Å². The molecular formula is C8H12N6O. The number of hydrogen-bond acceptors (Lipinski definition) is 5. The summed E-state index contributed by atoms with van der Waals surface area (Å²) in [6.07, 6.45) is 3.20. The summed E-state index contributed by atoms with van der Waals surface area (Å²) < 4.78 is 0. The Bertz CT molecular complexity index is 398. The normalized spacial score (nSPS) is 15.8. The Morgan fingerprint density at radius 2 is 2.47 bits per heavy atom. The van der Waals surface area contributed by atoms with E-state index in [9.17, 15) is 4.79 Å². The van der Waals surface area contributed by atoms with Crippen molar-refractivity contribution in [2.75, 3.05) is 25.3 Å². The highest BCUT2D eigenvalue weighted by Crippen LogP contribution is 2.16. The van der Waals surface area contributed by atoms with Crippen LogP contribution in [0.25, 0.3) is 0 Å². The van der Waals surface area contributed by atoms with Crippen LogP contribution in [0.2, 0.25) is 0 Å². The molecule has 2 heterocycles. The highest BCUT2D eigenvalue weighted by molar-refractivity contribution is 5.95. The number of carbonyl (C=O) groups excluding carboxylic acids is 1. The summed E-state index contributed by atoms with van der Waals surface area (Å²) in [5.41, 5.74) is 5.45. The summed E-state index contributed by atoms with van der Waals surface area (Å²) in [5, 5.41) is 0. The van der Waals surface area contributed by atoms with Crippen LogP contribution in [0.15, 0.2) is 11.3 Å². The van der Waals surface area contributed by atoms with Gasteiger partial charge in [0.2, 0.25) is 0 Å². The zero-order valence-electron chi connectivity index (χ0n) is 8.34. The van der Waals surface area contributed by atoms with Gasteiger partial charge in [0.15, 0.2) is 5.69 Å². The predicted octanol–water partition coefficient (Wildman–Crippen LogP) is -0.796. The topological polar surface area (TPSA) is 90.6 Å². The number of primary amides is 1. The fraction of sp³-hybridized carbons (Fsp3) is 0.375. The van der Waals surface area contributed by atoms with Gasteiger partial charge in [-0.05, 0) is 0 Å². The van der Waals surface area contributed by atoms with Crippen LogP contribution in [0, 0.1) is 0 Å². The number of imidazole rings is 1. The Morgan fingerprint density at radius 1 is 1.67 bits per heavy atom. The van der Waals surface area contributed by atoms with E-state index < -0.39 is 5.91 Å². The fourth-order valence-corrected chi connectivity index (χ4v) is 1.48. The third-order valence-electron chi connectivity index (χ3n) is 2.09. The second kappa shape index (κ2) is 3.60. The number of rotatable bonds is 2. The first-order valence-corrected chi connectivity index (χ1v) is 4.47. The van der Waals surface area contributed by atoms with Crippen LogP contribution in [0.3, 0.4) is 0 Å². The van der Waals surface area contributed by atoms with E-state index in [0.29, 0.717) is 19.2 Å². The van der Waals surface area contributed by atoms with Crippen LogP contribution in [-0.4, -0.2) is 47.5 Å². The van der Waals surface area contributed by atoms with E-state index in [1.54, 1.807) is 6.34 Å². The average molecular weight is 208 g/mol. The zero-order valence-corrected chi connectivity index (χ0v) is 8.34. The van der Waals surface area contributed by atoms with Crippen LogP contribution >= 0.6 is 0 Å². The molecule has 0 radical (unpaired) electrons. The smallest absolute Gasteiger partial charge is 0.271 e. The monoisotopic (exact) mass is 208 g/mol. The van der Waals surface area contributed by atoms with Crippen molar-refractivity contribution in [3.05, 3.63) is 12.0 Å². The number of hydrogen-bond donors (Lipinski definition) is 2. The van der Waals surface area contributed by atoms with Crippen molar-refractivity contribution in [2.45, 2.75) is 0 Å². The molecule has 0 saturated heterocycles. The first-order valence-electron chi connectivity index (χ1n) is 4.47. The summed E-state index contributed by atoms with van der Waals surface area (Å²) in [5.74, 6) is 0.0784. The van der Waals surface area contributed by atoms with Gasteiger partial charge in [0.1, 0.15) is 12.5 Å². The number of nitrogens with zero attached hydrogens (tertiary/aromatic N) is 4. The van der Waals surface area contributed by atoms with E-state index in [4.69, 9.17) is 5.73 Å². The van der Waals surface area contributed by atoms with Gasteiger partial charge in [0.05, 0.1) is 19.3 Å². The minimum absolute atomic E-state index is 0.250. The number of carbonyl (C=O) groups is 1. The molecule has 0 aliphatic carbocycles. The number of aliphatic imine (C=N–C) groups is 1. The van der Waals surface area contributed by atoms with Crippen molar-refractivity contribution in [1.82, 2.24) is 14.9 Å². The Morgan fingerprint density at radius 3 is 3.13 bits per heavy atom. The molecule has 15 heavy (non-hydrogen) atoms. The molecule has 1 aromatic rings. The lowest BCUT2D eigenvalue weighted by atomic mass is 10.4. The van der Waals surface area contributed by atoms with Crippen LogP contribution < -0.4 is 10.6 Å². The molecule has 7 heteroatoms. The van der Waals surface area contributed by atoms with Crippen molar-refractivity contribution in [2.24, 2.45) is 10.7 Å². The number of aromatic nitrogens is 2. The van der Waals surface area contributed by atoms with E-state index in [1.165, 1.54) is 6.33 Å². The van der Waals surface area contributed by atoms with Crippen LogP contribution in [-0.2, 0) is 0 Å². The number of amides is 1. The SMILES string of the molecule is CN1C=NCN(c2[nH]cnc2C(N)=O)C1. The van der Waals surface area contributed by atoms with Gasteiger partial charge in [0, 0.05) is 7.05 Å². The van der Waals surface area contributed by atoms with Crippen molar-refractivity contribution in [3.63, 3.8) is 0 Å². The van der Waals surface area contributed by atoms with E-state index in [2.05, 4.69) is 15.0 Å². The van der Waals surface area contributed by atoms with Crippen LogP contribution in [0.1, 0.15) is 10.5 Å². The number of nitrogens with one attached hydrogen (secondary N) is 1. The van der Waals surface area contributed by atoms with Gasteiger partial charge in [-0.1, -0.05) is 0 Å². The predicted molar refractivity (Wildman–Crippen MR) is 55.6 cm³/mol. The Hall–Kier alpha value is -2.05. The molecule has 1 aliphatic rings. The molecule has 0 aromatic carbocycles. The molecule has 0 unspecified atom stereocenters. The molecule has 0 spiro atoms. The molecular weight excluding hydrogens is 196 g/mol. The molecule has 0 fully saturated rings. The molecule has 2 rings (SSSR count). The number of H-pyrrole nitrogens is 1. The maximum absolute atomic E-state index is 11.1. The van der Waals surface area contributed by atoms with E-state index in [0.717, 1.165) is 0 Å². The second-order valence-corrected chi connectivity index (χ2v) is 3.34. The summed E-state index contributed by atoms with van der Waals surface area (Å²) in [4.78, 5) is 25.7. The van der Waals surface area contributed by atoms with Gasteiger partial charge < -0.3 is 20.5 Å². The molecule has 80 valence electrons. The van der Waals surface area contributed by atoms with Gasteiger partial charge in [-0.25, -0.2) is 4.98 Å². The first kappa shape index (κ1) is 9.50. The summed E-state index contributed by atoms with van der Waals surface area (Å²) in [7, 11) is 1.90. The average Bonchev–Trinajstić information content (AvgIpc) is 2.65. The Labute approximate surface area is 86.6 Å². The van der Waals surface area contributed by atoms with Crippen molar-refractivity contribution >= 4 is 18.1 Å². The summed E-state index contributed by atoms with van der Waals surface area (Å²) in [6.45, 7) is 1.14. The molecule has 1 amide bonds. The van der Waals surface area contributed by atoms with E-state index >= 15 is 0 Å². The van der Waals surface area contributed by atoms with Crippen molar-refractivity contribution in [1.29, 1.82) is 0 Å². The molecule has 0 bridgehead atoms. The largest absolute Gasteiger partial charge is 0.364 e.